The smallest absolute Gasteiger partial charge is 0.434 e. The van der Waals surface area contributed by atoms with Gasteiger partial charge in [0.05, 0.1) is 25.0 Å². The summed E-state index contributed by atoms with van der Waals surface area (Å²) in [5, 5.41) is 6.06. The van der Waals surface area contributed by atoms with Crippen molar-refractivity contribution < 1.29 is 38.4 Å². The van der Waals surface area contributed by atoms with E-state index >= 15 is 0 Å². The fourth-order valence-corrected chi connectivity index (χ4v) is 6.71. The van der Waals surface area contributed by atoms with Crippen LogP contribution in [0.15, 0.2) is 48.6 Å². The van der Waals surface area contributed by atoms with E-state index in [4.69, 9.17) is 19.2 Å². The first kappa shape index (κ1) is 56.6. The van der Waals surface area contributed by atoms with E-state index in [1.165, 1.54) is 44.9 Å². The van der Waals surface area contributed by atoms with Gasteiger partial charge in [0, 0.05) is 13.0 Å². The van der Waals surface area contributed by atoms with Crippen molar-refractivity contribution >= 4 is 24.0 Å². The zero-order chi connectivity index (χ0) is 44.0. The second-order valence-electron chi connectivity index (χ2n) is 15.9. The van der Waals surface area contributed by atoms with Gasteiger partial charge in [0.25, 0.3) is 0 Å². The van der Waals surface area contributed by atoms with Gasteiger partial charge in [-0.25, -0.2) is 24.2 Å². The standard InChI is InChI=1S/C50H88N2O8/c1-5-9-11-13-15-17-19-21-23-24-26-28-30-32-34-39-47(54)59-60-48(55)50(7-3,40-35-33-31-29-27-25-22-20-18-16-14-12-10-6-2)41-43-52-46(53)38-36-44-57-49(56)58-45-37-42-51-8-4/h15-18,21-23,25,51H,5-14,19-20,24,26-45H2,1-4H3,(H,52,53). The Kier molecular flexibility index (Phi) is 41.2. The predicted octanol–water partition coefficient (Wildman–Crippen LogP) is 13.1. The van der Waals surface area contributed by atoms with E-state index in [9.17, 15) is 19.2 Å². The van der Waals surface area contributed by atoms with E-state index in [-0.39, 0.29) is 38.5 Å². The van der Waals surface area contributed by atoms with Gasteiger partial charge in [-0.05, 0) is 116 Å². The number of carbonyl (C=O) groups excluding carboxylic acids is 4. The van der Waals surface area contributed by atoms with Gasteiger partial charge in [-0.15, -0.1) is 0 Å². The molecule has 10 nitrogen and oxygen atoms in total. The number of hydrogen-bond acceptors (Lipinski definition) is 9. The quantitative estimate of drug-likeness (QED) is 0.0203. The van der Waals surface area contributed by atoms with Crippen LogP contribution in [0.5, 0.6) is 0 Å². The van der Waals surface area contributed by atoms with Crippen LogP contribution in [0.2, 0.25) is 0 Å². The highest BCUT2D eigenvalue weighted by molar-refractivity contribution is 5.78. The highest BCUT2D eigenvalue weighted by atomic mass is 17.2. The topological polar surface area (TPSA) is 129 Å². The highest BCUT2D eigenvalue weighted by Crippen LogP contribution is 2.35. The molecule has 0 fully saturated rings. The summed E-state index contributed by atoms with van der Waals surface area (Å²) in [6.45, 7) is 10.7. The van der Waals surface area contributed by atoms with Crippen LogP contribution >= 0.6 is 0 Å². The number of allylic oxidation sites excluding steroid dienone is 8. The Hall–Kier alpha value is -3.40. The average molecular weight is 845 g/mol. The second kappa shape index (κ2) is 43.7. The molecule has 1 amide bonds. The first-order chi connectivity index (χ1) is 29.3. The van der Waals surface area contributed by atoms with Gasteiger partial charge in [0.1, 0.15) is 0 Å². The molecule has 346 valence electrons. The summed E-state index contributed by atoms with van der Waals surface area (Å²) in [6.07, 6.45) is 43.1. The second-order valence-corrected chi connectivity index (χ2v) is 15.9. The van der Waals surface area contributed by atoms with Crippen molar-refractivity contribution in [3.63, 3.8) is 0 Å². The molecule has 2 N–H and O–H groups in total. The van der Waals surface area contributed by atoms with E-state index in [0.29, 0.717) is 38.5 Å². The van der Waals surface area contributed by atoms with Gasteiger partial charge in [0.2, 0.25) is 5.91 Å². The monoisotopic (exact) mass is 845 g/mol. The van der Waals surface area contributed by atoms with Gasteiger partial charge < -0.3 is 20.1 Å². The third-order valence-electron chi connectivity index (χ3n) is 10.7. The van der Waals surface area contributed by atoms with Crippen LogP contribution in [0, 0.1) is 5.41 Å². The molecule has 0 aromatic heterocycles. The molecule has 1 unspecified atom stereocenters. The summed E-state index contributed by atoms with van der Waals surface area (Å²) in [6, 6.07) is 0. The number of amides is 1. The molecule has 0 saturated heterocycles. The van der Waals surface area contributed by atoms with Crippen LogP contribution in [0.4, 0.5) is 4.79 Å². The summed E-state index contributed by atoms with van der Waals surface area (Å²) in [7, 11) is 0. The number of rotatable bonds is 41. The first-order valence-electron chi connectivity index (χ1n) is 24.1. The average Bonchev–Trinajstić information content (AvgIpc) is 3.25. The molecule has 0 aromatic rings. The van der Waals surface area contributed by atoms with Gasteiger partial charge in [-0.2, -0.15) is 0 Å². The van der Waals surface area contributed by atoms with E-state index in [2.05, 4.69) is 73.1 Å². The minimum absolute atomic E-state index is 0.0805. The Labute approximate surface area is 366 Å². The summed E-state index contributed by atoms with van der Waals surface area (Å²) in [4.78, 5) is 60.7. The van der Waals surface area contributed by atoms with E-state index in [1.807, 2.05) is 13.8 Å². The number of nitrogens with one attached hydrogen (secondary N) is 2. The SMILES string of the molecule is CCCCCC=CCC=CCCCCCCCC(=O)OOC(=O)C(CC)(CCCCCCC=CCC=CCCCCC)CCNC(=O)CCCOC(=O)OCCCNCC. The minimum atomic E-state index is -0.893. The van der Waals surface area contributed by atoms with E-state index in [0.717, 1.165) is 96.6 Å². The Morgan fingerprint density at radius 3 is 1.57 bits per heavy atom. The Bertz CT molecular complexity index is 1170. The highest BCUT2D eigenvalue weighted by Gasteiger charge is 2.39. The summed E-state index contributed by atoms with van der Waals surface area (Å²) < 4.78 is 10.1. The van der Waals surface area contributed by atoms with Crippen molar-refractivity contribution in [1.29, 1.82) is 0 Å². The summed E-state index contributed by atoms with van der Waals surface area (Å²) in [5.41, 5.74) is -0.893. The third kappa shape index (κ3) is 36.5. The lowest BCUT2D eigenvalue weighted by Crippen LogP contribution is -2.37. The van der Waals surface area contributed by atoms with Gasteiger partial charge >= 0.3 is 18.1 Å². The Morgan fingerprint density at radius 2 is 1.02 bits per heavy atom. The van der Waals surface area contributed by atoms with Crippen molar-refractivity contribution in [3.8, 4) is 0 Å². The van der Waals surface area contributed by atoms with Crippen molar-refractivity contribution in [3.05, 3.63) is 48.6 Å². The van der Waals surface area contributed by atoms with Crippen molar-refractivity contribution in [2.45, 2.75) is 207 Å². The largest absolute Gasteiger partial charge is 0.508 e. The molecule has 0 radical (unpaired) electrons. The molecular formula is C50H88N2O8. The maximum Gasteiger partial charge on any atom is 0.508 e. The molecule has 10 heteroatoms. The molecule has 0 saturated carbocycles. The van der Waals surface area contributed by atoms with E-state index in [1.54, 1.807) is 0 Å². The maximum absolute atomic E-state index is 13.6. The van der Waals surface area contributed by atoms with Crippen LogP contribution in [-0.2, 0) is 33.6 Å². The molecule has 0 aliphatic carbocycles. The number of carbonyl (C=O) groups is 4. The van der Waals surface area contributed by atoms with Crippen LogP contribution in [-0.4, -0.2) is 56.8 Å². The van der Waals surface area contributed by atoms with Crippen molar-refractivity contribution in [2.75, 3.05) is 32.8 Å². The summed E-state index contributed by atoms with van der Waals surface area (Å²) >= 11 is 0. The lowest BCUT2D eigenvalue weighted by Gasteiger charge is -2.29. The number of unbranched alkanes of at least 4 members (excludes halogenated alkanes) is 15. The molecule has 60 heavy (non-hydrogen) atoms. The van der Waals surface area contributed by atoms with Crippen LogP contribution < -0.4 is 10.6 Å². The lowest BCUT2D eigenvalue weighted by atomic mass is 9.77. The predicted molar refractivity (Wildman–Crippen MR) is 246 cm³/mol. The number of ether oxygens (including phenoxy) is 2. The summed E-state index contributed by atoms with van der Waals surface area (Å²) in [5.74, 6) is -1.29. The van der Waals surface area contributed by atoms with Gasteiger partial charge in [-0.3, -0.25) is 4.79 Å². The lowest BCUT2D eigenvalue weighted by molar-refractivity contribution is -0.267. The van der Waals surface area contributed by atoms with Crippen molar-refractivity contribution in [1.82, 2.24) is 10.6 Å². The Morgan fingerprint density at radius 1 is 0.500 bits per heavy atom. The fraction of sp³-hybridized carbons (Fsp3) is 0.760. The zero-order valence-corrected chi connectivity index (χ0v) is 38.7. The van der Waals surface area contributed by atoms with Crippen molar-refractivity contribution in [2.24, 2.45) is 5.41 Å². The zero-order valence-electron chi connectivity index (χ0n) is 38.7. The molecule has 0 bridgehead atoms. The van der Waals surface area contributed by atoms with E-state index < -0.39 is 23.5 Å². The van der Waals surface area contributed by atoms with Gasteiger partial charge in [-0.1, -0.05) is 141 Å². The fourth-order valence-electron chi connectivity index (χ4n) is 6.71. The molecule has 0 spiro atoms. The molecule has 0 heterocycles. The number of hydrogen-bond donors (Lipinski definition) is 2. The molecule has 1 atom stereocenters. The van der Waals surface area contributed by atoms with Crippen LogP contribution in [0.25, 0.3) is 0 Å². The molecule has 0 aromatic carbocycles. The molecular weight excluding hydrogens is 757 g/mol. The minimum Gasteiger partial charge on any atom is -0.434 e. The van der Waals surface area contributed by atoms with Crippen LogP contribution in [0.1, 0.15) is 207 Å². The molecule has 0 rings (SSSR count). The van der Waals surface area contributed by atoms with Gasteiger partial charge in [0.15, 0.2) is 0 Å². The molecule has 0 aliphatic heterocycles. The third-order valence-corrected chi connectivity index (χ3v) is 10.7. The molecule has 0 aliphatic rings. The maximum atomic E-state index is 13.6. The normalized spacial score (nSPS) is 12.7. The van der Waals surface area contributed by atoms with Crippen LogP contribution in [0.3, 0.4) is 0 Å². The Balaban J connectivity index is 4.73. The first-order valence-corrected chi connectivity index (χ1v) is 24.1.